The number of carbonyl (C=O) groups is 1. The molecule has 1 spiro atoms. The summed E-state index contributed by atoms with van der Waals surface area (Å²) in [6, 6.07) is 0. The summed E-state index contributed by atoms with van der Waals surface area (Å²) in [6.45, 7) is 8.46. The maximum absolute atomic E-state index is 11.6. The third-order valence-electron chi connectivity index (χ3n) is 4.03. The van der Waals surface area contributed by atoms with Crippen molar-refractivity contribution >= 4 is 5.78 Å². The second-order valence-corrected chi connectivity index (χ2v) is 5.65. The summed E-state index contributed by atoms with van der Waals surface area (Å²) >= 11 is 0. The molecule has 2 aliphatic rings. The fourth-order valence-corrected chi connectivity index (χ4v) is 3.18. The van der Waals surface area contributed by atoms with E-state index in [9.17, 15) is 4.79 Å². The lowest BCUT2D eigenvalue weighted by atomic mass is 9.63. The van der Waals surface area contributed by atoms with E-state index in [4.69, 9.17) is 4.74 Å². The Kier molecular flexibility index (Phi) is 2.30. The van der Waals surface area contributed by atoms with Crippen LogP contribution in [0.1, 0.15) is 47.0 Å². The van der Waals surface area contributed by atoms with E-state index < -0.39 is 0 Å². The van der Waals surface area contributed by atoms with Crippen molar-refractivity contribution in [2.45, 2.75) is 58.7 Å². The number of ether oxygens (including phenoxy) is 1. The summed E-state index contributed by atoms with van der Waals surface area (Å²) in [4.78, 5) is 11.6. The van der Waals surface area contributed by atoms with Gasteiger partial charge in [0.05, 0.1) is 11.7 Å². The van der Waals surface area contributed by atoms with E-state index in [1.54, 1.807) is 6.08 Å². The fourth-order valence-electron chi connectivity index (χ4n) is 3.18. The fraction of sp³-hybridized carbons (Fsp3) is 0.769. The lowest BCUT2D eigenvalue weighted by molar-refractivity contribution is -0.129. The van der Waals surface area contributed by atoms with Crippen LogP contribution in [0.25, 0.3) is 0 Å². The number of hydrogen-bond donors (Lipinski definition) is 0. The molecule has 2 nitrogen and oxygen atoms in total. The molecule has 0 saturated carbocycles. The van der Waals surface area contributed by atoms with E-state index in [1.807, 2.05) is 6.92 Å². The van der Waals surface area contributed by atoms with Gasteiger partial charge in [-0.2, -0.15) is 0 Å². The van der Waals surface area contributed by atoms with Crippen molar-refractivity contribution in [1.29, 1.82) is 0 Å². The minimum atomic E-state index is -0.180. The van der Waals surface area contributed by atoms with Gasteiger partial charge in [0.15, 0.2) is 5.78 Å². The minimum absolute atomic E-state index is 0.0618. The monoisotopic (exact) mass is 208 g/mol. The van der Waals surface area contributed by atoms with Crippen LogP contribution in [0, 0.1) is 5.41 Å². The Morgan fingerprint density at radius 3 is 2.60 bits per heavy atom. The second-order valence-electron chi connectivity index (χ2n) is 5.65. The zero-order valence-electron chi connectivity index (χ0n) is 10.1. The molecular formula is C13H20O2. The van der Waals surface area contributed by atoms with E-state index >= 15 is 0 Å². The molecule has 2 heteroatoms. The van der Waals surface area contributed by atoms with Crippen molar-refractivity contribution in [2.24, 2.45) is 5.41 Å². The van der Waals surface area contributed by atoms with Gasteiger partial charge in [-0.15, -0.1) is 0 Å². The topological polar surface area (TPSA) is 26.3 Å². The molecule has 1 fully saturated rings. The van der Waals surface area contributed by atoms with Crippen molar-refractivity contribution < 1.29 is 9.53 Å². The first kappa shape index (κ1) is 10.9. The van der Waals surface area contributed by atoms with Gasteiger partial charge in [0.25, 0.3) is 0 Å². The molecular weight excluding hydrogens is 188 g/mol. The third-order valence-corrected chi connectivity index (χ3v) is 4.03. The van der Waals surface area contributed by atoms with E-state index in [0.717, 1.165) is 18.4 Å². The highest BCUT2D eigenvalue weighted by atomic mass is 16.5. The zero-order valence-corrected chi connectivity index (χ0v) is 10.1. The molecule has 0 aromatic rings. The van der Waals surface area contributed by atoms with Crippen molar-refractivity contribution in [3.05, 3.63) is 11.6 Å². The number of rotatable bonds is 0. The molecule has 15 heavy (non-hydrogen) atoms. The van der Waals surface area contributed by atoms with E-state index in [1.165, 1.54) is 0 Å². The van der Waals surface area contributed by atoms with Crippen LogP contribution >= 0.6 is 0 Å². The second kappa shape index (κ2) is 3.18. The Balaban J connectivity index is 2.44. The first-order valence-corrected chi connectivity index (χ1v) is 5.77. The van der Waals surface area contributed by atoms with Gasteiger partial charge in [-0.1, -0.05) is 13.8 Å². The van der Waals surface area contributed by atoms with Crippen molar-refractivity contribution in [2.75, 3.05) is 0 Å². The molecule has 1 aliphatic carbocycles. The van der Waals surface area contributed by atoms with Gasteiger partial charge in [0.2, 0.25) is 0 Å². The molecule has 2 atom stereocenters. The Morgan fingerprint density at radius 1 is 1.47 bits per heavy atom. The lowest BCUT2D eigenvalue weighted by Gasteiger charge is -2.46. The van der Waals surface area contributed by atoms with Gasteiger partial charge in [-0.25, -0.2) is 0 Å². The van der Waals surface area contributed by atoms with Crippen molar-refractivity contribution in [1.82, 2.24) is 0 Å². The molecule has 0 unspecified atom stereocenters. The smallest absolute Gasteiger partial charge is 0.156 e. The quantitative estimate of drug-likeness (QED) is 0.612. The molecule has 2 rings (SSSR count). The SMILES string of the molecule is CC1=CC(=O)CC(C)(C)[C@@]12CC[C@@H](C)O2. The Morgan fingerprint density at radius 2 is 2.13 bits per heavy atom. The van der Waals surface area contributed by atoms with Crippen molar-refractivity contribution in [3.63, 3.8) is 0 Å². The molecule has 84 valence electrons. The maximum Gasteiger partial charge on any atom is 0.156 e. The van der Waals surface area contributed by atoms with Crippen LogP contribution in [0.15, 0.2) is 11.6 Å². The van der Waals surface area contributed by atoms with Crippen LogP contribution in [0.5, 0.6) is 0 Å². The van der Waals surface area contributed by atoms with Crippen LogP contribution in [0.2, 0.25) is 0 Å². The average Bonchev–Trinajstić information content (AvgIpc) is 2.45. The van der Waals surface area contributed by atoms with Crippen LogP contribution in [0.3, 0.4) is 0 Å². The molecule has 0 aromatic carbocycles. The van der Waals surface area contributed by atoms with Gasteiger partial charge in [-0.05, 0) is 38.3 Å². The van der Waals surface area contributed by atoms with E-state index in [0.29, 0.717) is 12.5 Å². The first-order chi connectivity index (χ1) is 6.87. The molecule has 0 bridgehead atoms. The first-order valence-electron chi connectivity index (χ1n) is 5.77. The Bertz CT molecular complexity index is 327. The molecule has 0 amide bonds. The third kappa shape index (κ3) is 1.46. The normalized spacial score (nSPS) is 39.6. The van der Waals surface area contributed by atoms with Crippen LogP contribution in [-0.4, -0.2) is 17.5 Å². The number of ketones is 1. The van der Waals surface area contributed by atoms with Crippen LogP contribution in [-0.2, 0) is 9.53 Å². The van der Waals surface area contributed by atoms with Crippen LogP contribution < -0.4 is 0 Å². The average molecular weight is 208 g/mol. The highest BCUT2D eigenvalue weighted by Gasteiger charge is 2.53. The molecule has 1 heterocycles. The van der Waals surface area contributed by atoms with Gasteiger partial charge in [0, 0.05) is 11.8 Å². The highest BCUT2D eigenvalue weighted by molar-refractivity contribution is 5.92. The number of carbonyl (C=O) groups excluding carboxylic acids is 1. The molecule has 0 N–H and O–H groups in total. The van der Waals surface area contributed by atoms with Gasteiger partial charge in [-0.3, -0.25) is 4.79 Å². The standard InChI is InChI=1S/C13H20O2/c1-9-7-11(14)8-12(3,4)13(9)6-5-10(2)15-13/h7,10H,5-6,8H2,1-4H3/t10-,13-/m1/s1. The minimum Gasteiger partial charge on any atom is -0.367 e. The summed E-state index contributed by atoms with van der Waals surface area (Å²) in [6.07, 6.45) is 4.86. The van der Waals surface area contributed by atoms with Gasteiger partial charge < -0.3 is 4.74 Å². The summed E-state index contributed by atoms with van der Waals surface area (Å²) < 4.78 is 6.15. The predicted octanol–water partition coefficient (Wildman–Crippen LogP) is 2.87. The highest BCUT2D eigenvalue weighted by Crippen LogP contribution is 2.52. The zero-order chi connectivity index (χ0) is 11.3. The molecule has 0 radical (unpaired) electrons. The summed E-state index contributed by atoms with van der Waals surface area (Å²) in [5, 5.41) is 0. The summed E-state index contributed by atoms with van der Waals surface area (Å²) in [7, 11) is 0. The Hall–Kier alpha value is -0.630. The molecule has 1 saturated heterocycles. The lowest BCUT2D eigenvalue weighted by Crippen LogP contribution is -2.49. The van der Waals surface area contributed by atoms with E-state index in [-0.39, 0.29) is 16.8 Å². The largest absolute Gasteiger partial charge is 0.367 e. The molecule has 1 aliphatic heterocycles. The summed E-state index contributed by atoms with van der Waals surface area (Å²) in [5.41, 5.74) is 0.877. The van der Waals surface area contributed by atoms with Gasteiger partial charge in [0.1, 0.15) is 0 Å². The predicted molar refractivity (Wildman–Crippen MR) is 59.7 cm³/mol. The number of allylic oxidation sites excluding steroid dienone is 1. The molecule has 0 aromatic heterocycles. The number of hydrogen-bond acceptors (Lipinski definition) is 2. The summed E-state index contributed by atoms with van der Waals surface area (Å²) in [5.74, 6) is 0.242. The van der Waals surface area contributed by atoms with Crippen molar-refractivity contribution in [3.8, 4) is 0 Å². The maximum atomic E-state index is 11.6. The van der Waals surface area contributed by atoms with Gasteiger partial charge >= 0.3 is 0 Å². The van der Waals surface area contributed by atoms with Crippen LogP contribution in [0.4, 0.5) is 0 Å². The van der Waals surface area contributed by atoms with E-state index in [2.05, 4.69) is 20.8 Å². The Labute approximate surface area is 91.7 Å².